The van der Waals surface area contributed by atoms with Crippen LogP contribution in [0.25, 0.3) is 0 Å². The molecule has 2 aliphatic heterocycles. The summed E-state index contributed by atoms with van der Waals surface area (Å²) in [7, 11) is 1.68. The van der Waals surface area contributed by atoms with E-state index in [1.165, 1.54) is 0 Å². The number of nitrogens with zero attached hydrogens (tertiary/aromatic N) is 5. The number of alkyl halides is 3. The summed E-state index contributed by atoms with van der Waals surface area (Å²) in [6.45, 7) is 6.31. The van der Waals surface area contributed by atoms with Crippen molar-refractivity contribution >= 4 is 47.2 Å². The summed E-state index contributed by atoms with van der Waals surface area (Å²) in [5.74, 6) is 0.845. The molecule has 2 fully saturated rings. The SMILES string of the molecule is CN=C(NCCc1nc(C(F)(F)F)cs1)N1CCN(CC(=O)N2CCOCC2)CC1.I. The van der Waals surface area contributed by atoms with Crippen LogP contribution in [0.3, 0.4) is 0 Å². The van der Waals surface area contributed by atoms with Gasteiger partial charge < -0.3 is 19.9 Å². The second-order valence-electron chi connectivity index (χ2n) is 7.10. The maximum absolute atomic E-state index is 12.6. The van der Waals surface area contributed by atoms with Crippen molar-refractivity contribution in [2.24, 2.45) is 4.99 Å². The quantitative estimate of drug-likeness (QED) is 0.325. The lowest BCUT2D eigenvalue weighted by atomic mass is 10.3. The number of hydrogen-bond donors (Lipinski definition) is 1. The highest BCUT2D eigenvalue weighted by molar-refractivity contribution is 14.0. The van der Waals surface area contributed by atoms with E-state index < -0.39 is 11.9 Å². The van der Waals surface area contributed by atoms with E-state index in [-0.39, 0.29) is 29.9 Å². The molecule has 8 nitrogen and oxygen atoms in total. The fraction of sp³-hybridized carbons (Fsp3) is 0.722. The van der Waals surface area contributed by atoms with Gasteiger partial charge in [-0.25, -0.2) is 4.98 Å². The third kappa shape index (κ3) is 7.71. The number of aromatic nitrogens is 1. The molecule has 176 valence electrons. The average Bonchev–Trinajstić information content (AvgIpc) is 3.22. The fourth-order valence-electron chi connectivity index (χ4n) is 3.39. The maximum Gasteiger partial charge on any atom is 0.434 e. The minimum Gasteiger partial charge on any atom is -0.378 e. The first-order valence-electron chi connectivity index (χ1n) is 9.92. The molecule has 1 N–H and O–H groups in total. The van der Waals surface area contributed by atoms with Crippen LogP contribution in [0, 0.1) is 0 Å². The second-order valence-corrected chi connectivity index (χ2v) is 8.05. The lowest BCUT2D eigenvalue weighted by Crippen LogP contribution is -2.55. The van der Waals surface area contributed by atoms with Crippen LogP contribution in [0.4, 0.5) is 13.2 Å². The van der Waals surface area contributed by atoms with Gasteiger partial charge in [0.2, 0.25) is 5.91 Å². The summed E-state index contributed by atoms with van der Waals surface area (Å²) in [6, 6.07) is 0. The summed E-state index contributed by atoms with van der Waals surface area (Å²) in [4.78, 5) is 26.4. The van der Waals surface area contributed by atoms with Crippen molar-refractivity contribution in [2.45, 2.75) is 12.6 Å². The summed E-state index contributed by atoms with van der Waals surface area (Å²) in [5.41, 5.74) is -0.838. The van der Waals surface area contributed by atoms with E-state index in [2.05, 4.69) is 25.1 Å². The molecule has 3 rings (SSSR count). The van der Waals surface area contributed by atoms with Crippen LogP contribution in [0.2, 0.25) is 0 Å². The van der Waals surface area contributed by atoms with E-state index in [1.54, 1.807) is 7.05 Å². The predicted octanol–water partition coefficient (Wildman–Crippen LogP) is 1.37. The first kappa shape index (κ1) is 26.1. The molecule has 13 heteroatoms. The molecule has 2 aliphatic rings. The zero-order chi connectivity index (χ0) is 21.6. The molecule has 1 aromatic heterocycles. The van der Waals surface area contributed by atoms with Crippen molar-refractivity contribution in [3.8, 4) is 0 Å². The van der Waals surface area contributed by atoms with Crippen molar-refractivity contribution < 1.29 is 22.7 Å². The number of carbonyl (C=O) groups excluding carboxylic acids is 1. The van der Waals surface area contributed by atoms with Crippen LogP contribution in [0.5, 0.6) is 0 Å². The van der Waals surface area contributed by atoms with Gasteiger partial charge >= 0.3 is 6.18 Å². The molecule has 0 aromatic carbocycles. The van der Waals surface area contributed by atoms with Gasteiger partial charge in [-0.05, 0) is 0 Å². The van der Waals surface area contributed by atoms with Gasteiger partial charge in [-0.15, -0.1) is 35.3 Å². The Balaban J connectivity index is 0.00000341. The lowest BCUT2D eigenvalue weighted by Gasteiger charge is -2.37. The van der Waals surface area contributed by atoms with Crippen LogP contribution >= 0.6 is 35.3 Å². The minimum absolute atomic E-state index is 0. The molecule has 0 atom stereocenters. The van der Waals surface area contributed by atoms with E-state index >= 15 is 0 Å². The third-order valence-electron chi connectivity index (χ3n) is 5.07. The number of nitrogens with one attached hydrogen (secondary N) is 1. The van der Waals surface area contributed by atoms with Crippen molar-refractivity contribution in [3.63, 3.8) is 0 Å². The summed E-state index contributed by atoms with van der Waals surface area (Å²) < 4.78 is 43.2. The number of halogens is 4. The highest BCUT2D eigenvalue weighted by Crippen LogP contribution is 2.30. The molecule has 31 heavy (non-hydrogen) atoms. The number of hydrogen-bond acceptors (Lipinski definition) is 6. The molecule has 3 heterocycles. The Bertz CT molecular complexity index is 734. The molecule has 0 spiro atoms. The first-order chi connectivity index (χ1) is 14.4. The van der Waals surface area contributed by atoms with Crippen molar-refractivity contribution in [1.82, 2.24) is 25.0 Å². The Morgan fingerprint density at radius 2 is 1.87 bits per heavy atom. The van der Waals surface area contributed by atoms with Crippen molar-refractivity contribution in [1.29, 1.82) is 0 Å². The predicted molar refractivity (Wildman–Crippen MR) is 123 cm³/mol. The molecular formula is C18H28F3IN6O2S. The largest absolute Gasteiger partial charge is 0.434 e. The minimum atomic E-state index is -4.40. The van der Waals surface area contributed by atoms with Crippen molar-refractivity contribution in [2.75, 3.05) is 72.6 Å². The summed E-state index contributed by atoms with van der Waals surface area (Å²) in [5, 5.41) is 4.68. The standard InChI is InChI=1S/C18H27F3N6O2S.HI/c1-22-17(23-3-2-15-24-14(13-30-15)18(19,20)21)27-6-4-25(5-7-27)12-16(28)26-8-10-29-11-9-26;/h13H,2-12H2,1H3,(H,22,23);1H. The average molecular weight is 576 g/mol. The Hall–Kier alpha value is -1.19. The molecule has 0 saturated carbocycles. The van der Waals surface area contributed by atoms with Crippen molar-refractivity contribution in [3.05, 3.63) is 16.1 Å². The highest BCUT2D eigenvalue weighted by Gasteiger charge is 2.33. The van der Waals surface area contributed by atoms with Gasteiger partial charge in [0.25, 0.3) is 0 Å². The molecule has 2 saturated heterocycles. The van der Waals surface area contributed by atoms with E-state index in [0.717, 1.165) is 42.9 Å². The van der Waals surface area contributed by atoms with Crippen LogP contribution in [-0.2, 0) is 22.1 Å². The normalized spacial score (nSPS) is 18.6. The highest BCUT2D eigenvalue weighted by atomic mass is 127. The van der Waals surface area contributed by atoms with E-state index in [9.17, 15) is 18.0 Å². The third-order valence-corrected chi connectivity index (χ3v) is 5.98. The number of rotatable bonds is 5. The van der Waals surface area contributed by atoms with Crippen LogP contribution in [0.15, 0.2) is 10.4 Å². The Labute approximate surface area is 200 Å². The number of amides is 1. The number of guanidine groups is 1. The molecular weight excluding hydrogens is 548 g/mol. The molecule has 1 amide bonds. The van der Waals surface area contributed by atoms with Gasteiger partial charge in [0.15, 0.2) is 11.7 Å². The van der Waals surface area contributed by atoms with E-state index in [1.807, 2.05) is 4.90 Å². The second kappa shape index (κ2) is 12.2. The lowest BCUT2D eigenvalue weighted by molar-refractivity contribution is -0.140. The summed E-state index contributed by atoms with van der Waals surface area (Å²) in [6.07, 6.45) is -4.01. The topological polar surface area (TPSA) is 73.3 Å². The van der Waals surface area contributed by atoms with Gasteiger partial charge in [0.1, 0.15) is 0 Å². The zero-order valence-corrected chi connectivity index (χ0v) is 20.5. The molecule has 0 bridgehead atoms. The number of aliphatic imine (C=N–C) groups is 1. The number of carbonyl (C=O) groups is 1. The maximum atomic E-state index is 12.6. The Morgan fingerprint density at radius 3 is 2.45 bits per heavy atom. The van der Waals surface area contributed by atoms with Crippen LogP contribution in [0.1, 0.15) is 10.7 Å². The number of morpholine rings is 1. The number of piperazine rings is 1. The molecule has 0 aliphatic carbocycles. The van der Waals surface area contributed by atoms with Gasteiger partial charge in [-0.1, -0.05) is 0 Å². The van der Waals surface area contributed by atoms with Gasteiger partial charge in [-0.3, -0.25) is 14.7 Å². The Kier molecular flexibility index (Phi) is 10.2. The van der Waals surface area contributed by atoms with Gasteiger partial charge in [0.05, 0.1) is 24.8 Å². The molecule has 1 aromatic rings. The van der Waals surface area contributed by atoms with E-state index in [0.29, 0.717) is 56.8 Å². The zero-order valence-electron chi connectivity index (χ0n) is 17.4. The van der Waals surface area contributed by atoms with Crippen LogP contribution < -0.4 is 5.32 Å². The monoisotopic (exact) mass is 576 g/mol. The number of thiazole rings is 1. The smallest absolute Gasteiger partial charge is 0.378 e. The van der Waals surface area contributed by atoms with Gasteiger partial charge in [0, 0.05) is 64.7 Å². The van der Waals surface area contributed by atoms with Gasteiger partial charge in [-0.2, -0.15) is 13.2 Å². The molecule has 0 unspecified atom stereocenters. The van der Waals surface area contributed by atoms with Crippen LogP contribution in [-0.4, -0.2) is 104 Å². The fourth-order valence-corrected chi connectivity index (χ4v) is 4.20. The van der Waals surface area contributed by atoms with E-state index in [4.69, 9.17) is 4.74 Å². The Morgan fingerprint density at radius 1 is 1.19 bits per heavy atom. The first-order valence-corrected chi connectivity index (χ1v) is 10.8. The molecule has 0 radical (unpaired) electrons. The number of ether oxygens (including phenoxy) is 1. The summed E-state index contributed by atoms with van der Waals surface area (Å²) >= 11 is 1.01.